The number of esters is 1. The fraction of sp³-hybridized carbons (Fsp3) is 0.273. The van der Waals surface area contributed by atoms with Crippen LogP contribution in [0.25, 0.3) is 0 Å². The Morgan fingerprint density at radius 3 is 2.76 bits per heavy atom. The summed E-state index contributed by atoms with van der Waals surface area (Å²) in [6, 6.07) is 3.19. The van der Waals surface area contributed by atoms with Crippen LogP contribution in [0.1, 0.15) is 17.3 Å². The van der Waals surface area contributed by atoms with E-state index in [4.69, 9.17) is 0 Å². The molecule has 6 heteroatoms. The number of ether oxygens (including phenoxy) is 1. The number of pyridine rings is 1. The Labute approximate surface area is 98.0 Å². The van der Waals surface area contributed by atoms with Crippen LogP contribution in [0.15, 0.2) is 24.5 Å². The van der Waals surface area contributed by atoms with Crippen molar-refractivity contribution in [1.82, 2.24) is 10.3 Å². The van der Waals surface area contributed by atoms with E-state index in [0.717, 1.165) is 0 Å². The molecule has 1 N–H and O–H groups in total. The molecule has 0 atom stereocenters. The van der Waals surface area contributed by atoms with Gasteiger partial charge in [0.2, 0.25) is 0 Å². The summed E-state index contributed by atoms with van der Waals surface area (Å²) in [5.74, 6) is -2.24. The van der Waals surface area contributed by atoms with Gasteiger partial charge in [0, 0.05) is 18.0 Å². The summed E-state index contributed by atoms with van der Waals surface area (Å²) in [4.78, 5) is 37.3. The van der Waals surface area contributed by atoms with Gasteiger partial charge in [-0.05, 0) is 19.1 Å². The molecule has 1 aromatic heterocycles. The Morgan fingerprint density at radius 2 is 2.18 bits per heavy atom. The van der Waals surface area contributed by atoms with E-state index < -0.39 is 11.9 Å². The third-order valence-electron chi connectivity index (χ3n) is 1.85. The number of hydrogen-bond donors (Lipinski definition) is 1. The molecule has 0 bridgehead atoms. The quantitative estimate of drug-likeness (QED) is 0.450. The molecule has 0 aliphatic carbocycles. The van der Waals surface area contributed by atoms with E-state index >= 15 is 0 Å². The lowest BCUT2D eigenvalue weighted by Crippen LogP contribution is -2.36. The normalized spacial score (nSPS) is 9.47. The maximum Gasteiger partial charge on any atom is 0.396 e. The summed E-state index contributed by atoms with van der Waals surface area (Å²) < 4.78 is 4.47. The first-order valence-corrected chi connectivity index (χ1v) is 5.03. The third-order valence-corrected chi connectivity index (χ3v) is 1.85. The summed E-state index contributed by atoms with van der Waals surface area (Å²) in [5, 5.41) is 2.17. The van der Waals surface area contributed by atoms with Gasteiger partial charge in [-0.15, -0.1) is 0 Å². The van der Waals surface area contributed by atoms with Crippen molar-refractivity contribution in [1.29, 1.82) is 0 Å². The Kier molecular flexibility index (Phi) is 4.80. The number of ketones is 1. The number of Topliss-reactive ketones (excluding diaryl/α,β-unsaturated/α-hetero) is 1. The van der Waals surface area contributed by atoms with Crippen molar-refractivity contribution in [3.8, 4) is 0 Å². The van der Waals surface area contributed by atoms with Crippen LogP contribution in [-0.4, -0.2) is 35.8 Å². The van der Waals surface area contributed by atoms with E-state index in [-0.39, 0.29) is 18.9 Å². The van der Waals surface area contributed by atoms with Crippen LogP contribution >= 0.6 is 0 Å². The Bertz CT molecular complexity index is 417. The lowest BCUT2D eigenvalue weighted by molar-refractivity contribution is -0.154. The number of hydrogen-bond acceptors (Lipinski definition) is 5. The van der Waals surface area contributed by atoms with Crippen molar-refractivity contribution in [2.75, 3.05) is 13.2 Å². The fourth-order valence-corrected chi connectivity index (χ4v) is 1.06. The molecule has 0 saturated heterocycles. The second-order valence-electron chi connectivity index (χ2n) is 3.07. The molecule has 0 fully saturated rings. The van der Waals surface area contributed by atoms with E-state index in [2.05, 4.69) is 15.0 Å². The molecule has 0 radical (unpaired) electrons. The number of carbonyl (C=O) groups excluding carboxylic acids is 3. The summed E-state index contributed by atoms with van der Waals surface area (Å²) in [5.41, 5.74) is 0.372. The summed E-state index contributed by atoms with van der Waals surface area (Å²) in [6.07, 6.45) is 2.92. The largest absolute Gasteiger partial charge is 0.459 e. The molecule has 90 valence electrons. The minimum absolute atomic E-state index is 0.114. The van der Waals surface area contributed by atoms with E-state index in [1.807, 2.05) is 0 Å². The van der Waals surface area contributed by atoms with Crippen molar-refractivity contribution in [2.24, 2.45) is 0 Å². The first-order valence-electron chi connectivity index (χ1n) is 5.03. The summed E-state index contributed by atoms with van der Waals surface area (Å²) in [7, 11) is 0. The van der Waals surface area contributed by atoms with E-state index in [1.165, 1.54) is 12.4 Å². The SMILES string of the molecule is CCOC(=O)C(=O)NCC(=O)c1cccnc1. The number of carbonyl (C=O) groups is 3. The molecule has 0 aliphatic heterocycles. The first kappa shape index (κ1) is 12.8. The highest BCUT2D eigenvalue weighted by Gasteiger charge is 2.15. The minimum atomic E-state index is -0.994. The number of nitrogens with one attached hydrogen (secondary N) is 1. The third kappa shape index (κ3) is 4.02. The Morgan fingerprint density at radius 1 is 1.41 bits per heavy atom. The number of aromatic nitrogens is 1. The smallest absolute Gasteiger partial charge is 0.396 e. The van der Waals surface area contributed by atoms with E-state index in [9.17, 15) is 14.4 Å². The standard InChI is InChI=1S/C11H12N2O4/c1-2-17-11(16)10(15)13-7-9(14)8-4-3-5-12-6-8/h3-6H,2,7H2,1H3,(H,13,15). The van der Waals surface area contributed by atoms with Gasteiger partial charge in [-0.2, -0.15) is 0 Å². The van der Waals surface area contributed by atoms with Crippen LogP contribution in [-0.2, 0) is 14.3 Å². The predicted octanol–water partition coefficient (Wildman–Crippen LogP) is -0.0564. The Balaban J connectivity index is 2.44. The molecule has 1 aromatic rings. The second-order valence-corrected chi connectivity index (χ2v) is 3.07. The zero-order chi connectivity index (χ0) is 12.7. The number of rotatable bonds is 4. The van der Waals surface area contributed by atoms with Crippen molar-refractivity contribution in [2.45, 2.75) is 6.92 Å². The maximum atomic E-state index is 11.5. The minimum Gasteiger partial charge on any atom is -0.459 e. The monoisotopic (exact) mass is 236 g/mol. The van der Waals surface area contributed by atoms with Crippen molar-refractivity contribution in [3.05, 3.63) is 30.1 Å². The highest BCUT2D eigenvalue weighted by Crippen LogP contribution is 1.96. The average molecular weight is 236 g/mol. The first-order chi connectivity index (χ1) is 8.15. The van der Waals surface area contributed by atoms with Crippen LogP contribution in [0, 0.1) is 0 Å². The highest BCUT2D eigenvalue weighted by atomic mass is 16.5. The van der Waals surface area contributed by atoms with Crippen molar-refractivity contribution in [3.63, 3.8) is 0 Å². The van der Waals surface area contributed by atoms with Crippen LogP contribution in [0.5, 0.6) is 0 Å². The van der Waals surface area contributed by atoms with Gasteiger partial charge in [-0.1, -0.05) is 0 Å². The lowest BCUT2D eigenvalue weighted by atomic mass is 10.2. The van der Waals surface area contributed by atoms with Gasteiger partial charge in [-0.25, -0.2) is 4.79 Å². The van der Waals surface area contributed by atoms with Gasteiger partial charge >= 0.3 is 11.9 Å². The number of amides is 1. The second kappa shape index (κ2) is 6.37. The molecule has 1 amide bonds. The molecule has 0 saturated carbocycles. The summed E-state index contributed by atoms with van der Waals surface area (Å²) in [6.45, 7) is 1.44. The predicted molar refractivity (Wildman–Crippen MR) is 58.2 cm³/mol. The average Bonchev–Trinajstić information content (AvgIpc) is 2.36. The zero-order valence-corrected chi connectivity index (χ0v) is 9.30. The molecular formula is C11H12N2O4. The van der Waals surface area contributed by atoms with Crippen molar-refractivity contribution < 1.29 is 19.1 Å². The molecule has 1 rings (SSSR count). The molecule has 0 aromatic carbocycles. The molecule has 0 unspecified atom stereocenters. The van der Waals surface area contributed by atoms with Crippen LogP contribution < -0.4 is 5.32 Å². The topological polar surface area (TPSA) is 85.4 Å². The number of nitrogens with zero attached hydrogens (tertiary/aromatic N) is 1. The summed E-state index contributed by atoms with van der Waals surface area (Å²) >= 11 is 0. The van der Waals surface area contributed by atoms with Gasteiger partial charge in [0.1, 0.15) is 0 Å². The van der Waals surface area contributed by atoms with Crippen LogP contribution in [0.2, 0.25) is 0 Å². The maximum absolute atomic E-state index is 11.5. The fourth-order valence-electron chi connectivity index (χ4n) is 1.06. The lowest BCUT2D eigenvalue weighted by Gasteiger charge is -2.03. The zero-order valence-electron chi connectivity index (χ0n) is 9.30. The molecule has 1 heterocycles. The van der Waals surface area contributed by atoms with Gasteiger partial charge in [0.25, 0.3) is 0 Å². The van der Waals surface area contributed by atoms with Crippen molar-refractivity contribution >= 4 is 17.7 Å². The van der Waals surface area contributed by atoms with E-state index in [0.29, 0.717) is 5.56 Å². The van der Waals surface area contributed by atoms with E-state index in [1.54, 1.807) is 19.1 Å². The van der Waals surface area contributed by atoms with Crippen LogP contribution in [0.3, 0.4) is 0 Å². The molecule has 17 heavy (non-hydrogen) atoms. The van der Waals surface area contributed by atoms with Gasteiger partial charge in [0.15, 0.2) is 5.78 Å². The molecular weight excluding hydrogens is 224 g/mol. The van der Waals surface area contributed by atoms with Gasteiger partial charge < -0.3 is 10.1 Å². The molecule has 0 spiro atoms. The van der Waals surface area contributed by atoms with Crippen LogP contribution in [0.4, 0.5) is 0 Å². The van der Waals surface area contributed by atoms with Gasteiger partial charge in [-0.3, -0.25) is 14.6 Å². The van der Waals surface area contributed by atoms with Gasteiger partial charge in [0.05, 0.1) is 13.2 Å². The Hall–Kier alpha value is -2.24. The highest BCUT2D eigenvalue weighted by molar-refractivity contribution is 6.32. The molecule has 6 nitrogen and oxygen atoms in total. The molecule has 0 aliphatic rings.